The summed E-state index contributed by atoms with van der Waals surface area (Å²) < 4.78 is 10.0. The Balaban J connectivity index is 1.80. The lowest BCUT2D eigenvalue weighted by Crippen LogP contribution is -2.28. The Labute approximate surface area is 205 Å². The molecule has 11 heteroatoms. The molecule has 35 heavy (non-hydrogen) atoms. The van der Waals surface area contributed by atoms with Crippen molar-refractivity contribution < 1.29 is 19.1 Å². The molecule has 0 unspecified atom stereocenters. The molecular formula is C24H22N6O4S. The largest absolute Gasteiger partial charge is 0.481 e. The van der Waals surface area contributed by atoms with E-state index in [4.69, 9.17) is 14.5 Å². The molecule has 0 atom stereocenters. The van der Waals surface area contributed by atoms with Gasteiger partial charge in [0.1, 0.15) is 22.2 Å². The second-order valence-corrected chi connectivity index (χ2v) is 7.98. The maximum Gasteiger partial charge on any atom is 0.356 e. The lowest BCUT2D eigenvalue weighted by atomic mass is 10.0. The number of carbonyl (C=O) groups is 2. The molecule has 4 aromatic rings. The molecule has 0 saturated carbocycles. The van der Waals surface area contributed by atoms with Gasteiger partial charge in [-0.2, -0.15) is 0 Å². The Bertz CT molecular complexity index is 1370. The highest BCUT2D eigenvalue weighted by atomic mass is 32.1. The minimum atomic E-state index is -0.545. The number of aromatic nitrogens is 4. The van der Waals surface area contributed by atoms with Crippen LogP contribution in [-0.4, -0.2) is 52.7 Å². The van der Waals surface area contributed by atoms with Gasteiger partial charge < -0.3 is 14.8 Å². The fourth-order valence-electron chi connectivity index (χ4n) is 3.25. The van der Waals surface area contributed by atoms with Crippen LogP contribution in [0.4, 0.5) is 10.6 Å². The first-order valence-electron chi connectivity index (χ1n) is 10.6. The van der Waals surface area contributed by atoms with Crippen molar-refractivity contribution in [2.45, 2.75) is 6.92 Å². The van der Waals surface area contributed by atoms with Crippen LogP contribution in [-0.2, 0) is 4.74 Å². The number of methoxy groups -OCH3 is 2. The van der Waals surface area contributed by atoms with Gasteiger partial charge >= 0.3 is 12.0 Å². The molecule has 0 aliphatic heterocycles. The van der Waals surface area contributed by atoms with Crippen molar-refractivity contribution in [3.8, 4) is 39.0 Å². The van der Waals surface area contributed by atoms with Gasteiger partial charge in [0.05, 0.1) is 19.9 Å². The van der Waals surface area contributed by atoms with Gasteiger partial charge in [0.15, 0.2) is 0 Å². The maximum absolute atomic E-state index is 12.1. The number of thiazole rings is 1. The number of ether oxygens (including phenoxy) is 2. The van der Waals surface area contributed by atoms with E-state index in [0.717, 1.165) is 0 Å². The van der Waals surface area contributed by atoms with Crippen LogP contribution >= 0.6 is 11.3 Å². The van der Waals surface area contributed by atoms with Crippen LogP contribution < -0.4 is 15.4 Å². The summed E-state index contributed by atoms with van der Waals surface area (Å²) in [5.41, 5.74) is 3.63. The third kappa shape index (κ3) is 5.41. The first kappa shape index (κ1) is 23.8. The molecule has 0 aliphatic rings. The monoisotopic (exact) mass is 490 g/mol. The summed E-state index contributed by atoms with van der Waals surface area (Å²) in [6.45, 7) is 2.31. The van der Waals surface area contributed by atoms with Crippen LogP contribution in [0.5, 0.6) is 5.88 Å². The highest BCUT2D eigenvalue weighted by Gasteiger charge is 2.17. The average molecular weight is 491 g/mol. The Kier molecular flexibility index (Phi) is 7.27. The van der Waals surface area contributed by atoms with E-state index in [1.807, 2.05) is 24.4 Å². The minimum absolute atomic E-state index is 0.167. The van der Waals surface area contributed by atoms with Crippen molar-refractivity contribution in [3.63, 3.8) is 0 Å². The van der Waals surface area contributed by atoms with E-state index in [-0.39, 0.29) is 11.7 Å². The maximum atomic E-state index is 12.1. The van der Waals surface area contributed by atoms with Gasteiger partial charge in [0.2, 0.25) is 5.88 Å². The van der Waals surface area contributed by atoms with E-state index in [9.17, 15) is 9.59 Å². The standard InChI is InChI=1S/C24H22N6O4S/c1-4-25-24(32)30-20-11-15(16(12-27-20)14-8-9-26-18(10-14)23(31)34-3)22-29-19(13-35-22)17-6-5-7-21(28-17)33-2/h5-13H,4H2,1-3H3,(H2,25,27,30,32). The van der Waals surface area contributed by atoms with Crippen molar-refractivity contribution in [3.05, 3.63) is 59.9 Å². The van der Waals surface area contributed by atoms with Crippen LogP contribution in [0.25, 0.3) is 33.1 Å². The number of pyridine rings is 3. The topological polar surface area (TPSA) is 128 Å². The van der Waals surface area contributed by atoms with Gasteiger partial charge in [-0.1, -0.05) is 6.07 Å². The molecule has 178 valence electrons. The predicted molar refractivity (Wildman–Crippen MR) is 132 cm³/mol. The van der Waals surface area contributed by atoms with Gasteiger partial charge in [-0.15, -0.1) is 11.3 Å². The fraction of sp³-hybridized carbons (Fsp3) is 0.167. The molecule has 0 radical (unpaired) electrons. The average Bonchev–Trinajstić information content (AvgIpc) is 3.39. The zero-order valence-corrected chi connectivity index (χ0v) is 20.0. The van der Waals surface area contributed by atoms with Crippen molar-refractivity contribution in [1.29, 1.82) is 0 Å². The molecule has 0 aliphatic carbocycles. The number of anilines is 1. The van der Waals surface area contributed by atoms with Crippen LogP contribution in [0.15, 0.2) is 54.2 Å². The van der Waals surface area contributed by atoms with E-state index in [1.165, 1.54) is 24.6 Å². The summed E-state index contributed by atoms with van der Waals surface area (Å²) in [7, 11) is 2.86. The quantitative estimate of drug-likeness (QED) is 0.368. The smallest absolute Gasteiger partial charge is 0.356 e. The molecule has 10 nitrogen and oxygen atoms in total. The number of esters is 1. The van der Waals surface area contributed by atoms with Crippen LogP contribution in [0, 0.1) is 0 Å². The van der Waals surface area contributed by atoms with Crippen LogP contribution in [0.2, 0.25) is 0 Å². The molecule has 0 bridgehead atoms. The zero-order valence-electron chi connectivity index (χ0n) is 19.2. The van der Waals surface area contributed by atoms with Crippen LogP contribution in [0.3, 0.4) is 0 Å². The van der Waals surface area contributed by atoms with Gasteiger partial charge in [0, 0.05) is 41.5 Å². The summed E-state index contributed by atoms with van der Waals surface area (Å²) in [5, 5.41) is 7.98. The van der Waals surface area contributed by atoms with Gasteiger partial charge in [-0.3, -0.25) is 5.32 Å². The van der Waals surface area contributed by atoms with E-state index in [1.54, 1.807) is 37.6 Å². The number of nitrogens with zero attached hydrogens (tertiary/aromatic N) is 4. The summed E-state index contributed by atoms with van der Waals surface area (Å²) in [5.74, 6) is 0.298. The summed E-state index contributed by atoms with van der Waals surface area (Å²) in [6.07, 6.45) is 3.15. The van der Waals surface area contributed by atoms with Crippen molar-refractivity contribution in [2.75, 3.05) is 26.1 Å². The third-order valence-corrected chi connectivity index (χ3v) is 5.75. The Hall–Kier alpha value is -4.38. The third-order valence-electron chi connectivity index (χ3n) is 4.88. The molecule has 0 aromatic carbocycles. The second-order valence-electron chi connectivity index (χ2n) is 7.12. The minimum Gasteiger partial charge on any atom is -0.481 e. The molecule has 2 N–H and O–H groups in total. The zero-order chi connectivity index (χ0) is 24.8. The summed E-state index contributed by atoms with van der Waals surface area (Å²) in [4.78, 5) is 41.8. The van der Waals surface area contributed by atoms with Gasteiger partial charge in [-0.05, 0) is 36.8 Å². The molecule has 0 fully saturated rings. The molecular weight excluding hydrogens is 468 g/mol. The number of amides is 2. The number of urea groups is 1. The van der Waals surface area contributed by atoms with Crippen LogP contribution in [0.1, 0.15) is 17.4 Å². The highest BCUT2D eigenvalue weighted by molar-refractivity contribution is 7.13. The first-order valence-corrected chi connectivity index (χ1v) is 11.5. The fourth-order valence-corrected chi connectivity index (χ4v) is 4.10. The van der Waals surface area contributed by atoms with E-state index < -0.39 is 5.97 Å². The summed E-state index contributed by atoms with van der Waals surface area (Å²) in [6, 6.07) is 10.2. The molecule has 4 heterocycles. The lowest BCUT2D eigenvalue weighted by molar-refractivity contribution is 0.0594. The number of carbonyl (C=O) groups excluding carboxylic acids is 2. The second kappa shape index (κ2) is 10.7. The Morgan fingerprint density at radius 3 is 2.66 bits per heavy atom. The predicted octanol–water partition coefficient (Wildman–Crippen LogP) is 4.27. The molecule has 2 amide bonds. The van der Waals surface area contributed by atoms with E-state index in [2.05, 4.69) is 25.6 Å². The van der Waals surface area contributed by atoms with Gasteiger partial charge in [-0.25, -0.2) is 29.5 Å². The van der Waals surface area contributed by atoms with E-state index in [0.29, 0.717) is 51.3 Å². The normalized spacial score (nSPS) is 10.5. The van der Waals surface area contributed by atoms with Gasteiger partial charge in [0.25, 0.3) is 0 Å². The molecule has 0 saturated heterocycles. The Morgan fingerprint density at radius 1 is 1.03 bits per heavy atom. The van der Waals surface area contributed by atoms with Crippen molar-refractivity contribution in [1.82, 2.24) is 25.3 Å². The lowest BCUT2D eigenvalue weighted by Gasteiger charge is -2.11. The Morgan fingerprint density at radius 2 is 1.89 bits per heavy atom. The van der Waals surface area contributed by atoms with Crippen molar-refractivity contribution in [2.24, 2.45) is 0 Å². The molecule has 4 rings (SSSR count). The number of hydrogen-bond acceptors (Lipinski definition) is 9. The number of rotatable bonds is 7. The SMILES string of the molecule is CCNC(=O)Nc1cc(-c2nc(-c3cccc(OC)n3)cs2)c(-c2ccnc(C(=O)OC)c2)cn1. The number of hydrogen-bond donors (Lipinski definition) is 2. The molecule has 4 aromatic heterocycles. The first-order chi connectivity index (χ1) is 17.0. The molecule has 0 spiro atoms. The summed E-state index contributed by atoms with van der Waals surface area (Å²) >= 11 is 1.42. The highest BCUT2D eigenvalue weighted by Crippen LogP contribution is 2.36. The number of nitrogens with one attached hydrogen (secondary N) is 2. The van der Waals surface area contributed by atoms with E-state index >= 15 is 0 Å². The van der Waals surface area contributed by atoms with Crippen molar-refractivity contribution >= 4 is 29.2 Å².